The summed E-state index contributed by atoms with van der Waals surface area (Å²) in [7, 11) is 0. The maximum absolute atomic E-state index is 13.2. The van der Waals surface area contributed by atoms with E-state index in [9.17, 15) is 9.59 Å². The fourth-order valence-electron chi connectivity index (χ4n) is 4.88. The fraction of sp³-hybridized carbons (Fsp3) is 0.577. The number of benzene rings is 1. The molecule has 178 valence electrons. The predicted molar refractivity (Wildman–Crippen MR) is 133 cm³/mol. The van der Waals surface area contributed by atoms with E-state index >= 15 is 0 Å². The van der Waals surface area contributed by atoms with Gasteiger partial charge in [0.25, 0.3) is 5.91 Å². The highest BCUT2D eigenvalue weighted by atomic mass is 32.1. The number of hydrogen-bond donors (Lipinski definition) is 1. The van der Waals surface area contributed by atoms with Crippen molar-refractivity contribution in [2.75, 3.05) is 39.3 Å². The van der Waals surface area contributed by atoms with Gasteiger partial charge in [-0.1, -0.05) is 36.8 Å². The normalized spacial score (nSPS) is 18.5. The van der Waals surface area contributed by atoms with E-state index in [-0.39, 0.29) is 17.7 Å². The van der Waals surface area contributed by atoms with Crippen LogP contribution in [0.15, 0.2) is 24.3 Å². The maximum Gasteiger partial charge on any atom is 0.265 e. The van der Waals surface area contributed by atoms with Crippen molar-refractivity contribution < 1.29 is 9.59 Å². The predicted octanol–water partition coefficient (Wildman–Crippen LogP) is 4.13. The lowest BCUT2D eigenvalue weighted by Gasteiger charge is -2.34. The number of likely N-dealkylation sites (tertiary alicyclic amines) is 2. The Morgan fingerprint density at radius 1 is 1.09 bits per heavy atom. The van der Waals surface area contributed by atoms with Gasteiger partial charge in [0.15, 0.2) is 0 Å². The van der Waals surface area contributed by atoms with Crippen molar-refractivity contribution >= 4 is 23.2 Å². The molecular weight excluding hydrogens is 432 g/mol. The van der Waals surface area contributed by atoms with E-state index in [1.165, 1.54) is 29.7 Å². The van der Waals surface area contributed by atoms with Crippen LogP contribution in [-0.2, 0) is 4.79 Å². The molecule has 4 rings (SSSR count). The first kappa shape index (κ1) is 23.9. The molecular formula is C26H36N4O2S. The number of carbonyl (C=O) groups is 2. The van der Waals surface area contributed by atoms with Gasteiger partial charge in [0.1, 0.15) is 9.88 Å². The maximum atomic E-state index is 13.2. The molecule has 0 bridgehead atoms. The van der Waals surface area contributed by atoms with Gasteiger partial charge in [-0.2, -0.15) is 0 Å². The molecule has 1 N–H and O–H groups in total. The molecule has 2 fully saturated rings. The second-order valence-electron chi connectivity index (χ2n) is 9.56. The first-order valence-electron chi connectivity index (χ1n) is 12.3. The average Bonchev–Trinajstić information content (AvgIpc) is 3.48. The summed E-state index contributed by atoms with van der Waals surface area (Å²) >= 11 is 1.48. The summed E-state index contributed by atoms with van der Waals surface area (Å²) in [6, 6.07) is 8.26. The summed E-state index contributed by atoms with van der Waals surface area (Å²) in [5.74, 6) is 0.537. The van der Waals surface area contributed by atoms with Crippen molar-refractivity contribution in [3.63, 3.8) is 0 Å². The minimum atomic E-state index is -0.0147. The number of carbonyl (C=O) groups excluding carboxylic acids is 2. The highest BCUT2D eigenvalue weighted by Gasteiger charge is 2.31. The Morgan fingerprint density at radius 2 is 1.76 bits per heavy atom. The van der Waals surface area contributed by atoms with Crippen molar-refractivity contribution in [3.05, 3.63) is 40.4 Å². The van der Waals surface area contributed by atoms with Gasteiger partial charge in [-0.15, -0.1) is 11.3 Å². The number of nitrogens with one attached hydrogen (secondary N) is 1. The third-order valence-corrected chi connectivity index (χ3v) is 8.36. The quantitative estimate of drug-likeness (QED) is 0.664. The van der Waals surface area contributed by atoms with E-state index in [1.807, 2.05) is 18.7 Å². The van der Waals surface area contributed by atoms with Crippen molar-refractivity contribution in [2.24, 2.45) is 11.8 Å². The van der Waals surface area contributed by atoms with Gasteiger partial charge in [-0.05, 0) is 58.5 Å². The summed E-state index contributed by atoms with van der Waals surface area (Å²) in [6.45, 7) is 11.4. The molecule has 0 radical (unpaired) electrons. The van der Waals surface area contributed by atoms with Gasteiger partial charge in [-0.3, -0.25) is 9.59 Å². The number of aromatic nitrogens is 1. The Morgan fingerprint density at radius 3 is 2.42 bits per heavy atom. The van der Waals surface area contributed by atoms with Crippen molar-refractivity contribution in [1.82, 2.24) is 20.1 Å². The topological polar surface area (TPSA) is 65.5 Å². The summed E-state index contributed by atoms with van der Waals surface area (Å²) < 4.78 is 0. The summed E-state index contributed by atoms with van der Waals surface area (Å²) in [5, 5.41) is 4.02. The number of amides is 2. The molecule has 3 heterocycles. The lowest BCUT2D eigenvalue weighted by atomic mass is 9.85. The van der Waals surface area contributed by atoms with Crippen LogP contribution >= 0.6 is 11.3 Å². The number of aryl methyl sites for hydroxylation is 2. The molecule has 0 aliphatic carbocycles. The van der Waals surface area contributed by atoms with Crippen molar-refractivity contribution in [3.8, 4) is 10.6 Å². The van der Waals surface area contributed by atoms with E-state index in [4.69, 9.17) is 0 Å². The Balaban J connectivity index is 1.28. The lowest BCUT2D eigenvalue weighted by molar-refractivity contribution is -0.126. The van der Waals surface area contributed by atoms with E-state index in [0.29, 0.717) is 19.0 Å². The van der Waals surface area contributed by atoms with Gasteiger partial charge < -0.3 is 15.1 Å². The Labute approximate surface area is 201 Å². The second kappa shape index (κ2) is 10.8. The largest absolute Gasteiger partial charge is 0.355 e. The Kier molecular flexibility index (Phi) is 7.81. The van der Waals surface area contributed by atoms with E-state index < -0.39 is 0 Å². The van der Waals surface area contributed by atoms with Crippen LogP contribution in [0.25, 0.3) is 10.6 Å². The van der Waals surface area contributed by atoms with Gasteiger partial charge in [0.05, 0.1) is 5.69 Å². The van der Waals surface area contributed by atoms with Crippen LogP contribution in [0.4, 0.5) is 0 Å². The molecule has 1 atom stereocenters. The number of piperidine rings is 1. The second-order valence-corrected chi connectivity index (χ2v) is 10.6. The van der Waals surface area contributed by atoms with Crippen LogP contribution in [0, 0.1) is 25.7 Å². The molecule has 1 unspecified atom stereocenters. The SMILES string of the molecule is Cc1ccc(-c2nc(C)c(C(=O)N3CCC(C(C)C(=O)NCCN4CCCC4)CC3)s2)cc1. The van der Waals surface area contributed by atoms with Gasteiger partial charge in [-0.25, -0.2) is 4.98 Å². The Hall–Kier alpha value is -2.25. The molecule has 2 aromatic rings. The van der Waals surface area contributed by atoms with E-state index in [2.05, 4.69) is 46.4 Å². The highest BCUT2D eigenvalue weighted by molar-refractivity contribution is 7.17. The molecule has 7 heteroatoms. The standard InChI is InChI=1S/C26H36N4O2S/c1-18-6-8-22(9-7-18)25-28-20(3)23(33-25)26(32)30-15-10-21(11-16-30)19(2)24(31)27-12-17-29-13-4-5-14-29/h6-9,19,21H,4-5,10-17H2,1-3H3,(H,27,31). The molecule has 2 saturated heterocycles. The fourth-order valence-corrected chi connectivity index (χ4v) is 5.92. The minimum Gasteiger partial charge on any atom is -0.355 e. The first-order chi connectivity index (χ1) is 15.9. The van der Waals surface area contributed by atoms with Crippen LogP contribution in [-0.4, -0.2) is 65.9 Å². The molecule has 33 heavy (non-hydrogen) atoms. The first-order valence-corrected chi connectivity index (χ1v) is 13.1. The monoisotopic (exact) mass is 468 g/mol. The number of hydrogen-bond acceptors (Lipinski definition) is 5. The number of thiazole rings is 1. The third kappa shape index (κ3) is 5.82. The molecule has 1 aromatic carbocycles. The zero-order valence-corrected chi connectivity index (χ0v) is 20.9. The van der Waals surface area contributed by atoms with Crippen LogP contribution in [0.5, 0.6) is 0 Å². The summed E-state index contributed by atoms with van der Waals surface area (Å²) in [6.07, 6.45) is 4.29. The third-order valence-electron chi connectivity index (χ3n) is 7.16. The zero-order chi connectivity index (χ0) is 23.4. The molecule has 6 nitrogen and oxygen atoms in total. The lowest BCUT2D eigenvalue weighted by Crippen LogP contribution is -2.43. The van der Waals surface area contributed by atoms with Crippen LogP contribution in [0.3, 0.4) is 0 Å². The number of nitrogens with zero attached hydrogens (tertiary/aromatic N) is 3. The molecule has 2 aliphatic rings. The minimum absolute atomic E-state index is 0.0147. The average molecular weight is 469 g/mol. The van der Waals surface area contributed by atoms with Gasteiger partial charge in [0, 0.05) is 37.7 Å². The van der Waals surface area contributed by atoms with Gasteiger partial charge in [0.2, 0.25) is 5.91 Å². The smallest absolute Gasteiger partial charge is 0.265 e. The van der Waals surface area contributed by atoms with Crippen molar-refractivity contribution in [1.29, 1.82) is 0 Å². The molecule has 0 spiro atoms. The van der Waals surface area contributed by atoms with E-state index in [0.717, 1.165) is 60.2 Å². The molecule has 0 saturated carbocycles. The van der Waals surface area contributed by atoms with Gasteiger partial charge >= 0.3 is 0 Å². The zero-order valence-electron chi connectivity index (χ0n) is 20.1. The van der Waals surface area contributed by atoms with Crippen molar-refractivity contribution in [2.45, 2.75) is 46.5 Å². The molecule has 2 amide bonds. The summed E-state index contributed by atoms with van der Waals surface area (Å²) in [5.41, 5.74) is 3.06. The molecule has 1 aromatic heterocycles. The highest BCUT2D eigenvalue weighted by Crippen LogP contribution is 2.31. The summed E-state index contributed by atoms with van der Waals surface area (Å²) in [4.78, 5) is 35.6. The van der Waals surface area contributed by atoms with Crippen LogP contribution in [0.1, 0.15) is 53.5 Å². The number of rotatable bonds is 7. The Bertz CT molecular complexity index is 957. The van der Waals surface area contributed by atoms with E-state index in [1.54, 1.807) is 0 Å². The molecule has 2 aliphatic heterocycles. The van der Waals surface area contributed by atoms with Crippen LogP contribution in [0.2, 0.25) is 0 Å². The van der Waals surface area contributed by atoms with Crippen LogP contribution < -0.4 is 5.32 Å².